The first-order valence-electron chi connectivity index (χ1n) is 5.22. The van der Waals surface area contributed by atoms with Crippen molar-refractivity contribution in [2.24, 2.45) is 0 Å². The van der Waals surface area contributed by atoms with Crippen molar-refractivity contribution in [1.29, 1.82) is 0 Å². The lowest BCUT2D eigenvalue weighted by Gasteiger charge is -2.05. The maximum atomic E-state index is 3.54. The Kier molecular flexibility index (Phi) is 3.01. The van der Waals surface area contributed by atoms with Gasteiger partial charge in [-0.15, -0.1) is 11.3 Å². The molecule has 2 heteroatoms. The predicted molar refractivity (Wildman–Crippen MR) is 58.3 cm³/mol. The number of hydrogen-bond acceptors (Lipinski definition) is 2. The molecule has 0 aliphatic carbocycles. The Morgan fingerprint density at radius 1 is 1.54 bits per heavy atom. The fourth-order valence-electron chi connectivity index (χ4n) is 1.89. The number of rotatable bonds is 3. The van der Waals surface area contributed by atoms with E-state index in [1.807, 2.05) is 11.3 Å². The molecule has 0 radical (unpaired) electrons. The van der Waals surface area contributed by atoms with E-state index >= 15 is 0 Å². The second-order valence-electron chi connectivity index (χ2n) is 3.70. The predicted octanol–water partition coefficient (Wildman–Crippen LogP) is 3.13. The van der Waals surface area contributed by atoms with Gasteiger partial charge in [-0.1, -0.05) is 13.3 Å². The van der Waals surface area contributed by atoms with E-state index < -0.39 is 0 Å². The van der Waals surface area contributed by atoms with Crippen molar-refractivity contribution in [3.8, 4) is 0 Å². The zero-order chi connectivity index (χ0) is 9.10. The van der Waals surface area contributed by atoms with Crippen LogP contribution in [0.5, 0.6) is 0 Å². The van der Waals surface area contributed by atoms with Crippen LogP contribution in [-0.4, -0.2) is 6.54 Å². The van der Waals surface area contributed by atoms with Crippen LogP contribution in [0.15, 0.2) is 12.1 Å². The van der Waals surface area contributed by atoms with Crippen LogP contribution in [0.3, 0.4) is 0 Å². The summed E-state index contributed by atoms with van der Waals surface area (Å²) in [4.78, 5) is 3.09. The molecule has 1 saturated heterocycles. The highest BCUT2D eigenvalue weighted by Gasteiger charge is 2.17. The summed E-state index contributed by atoms with van der Waals surface area (Å²) < 4.78 is 0. The van der Waals surface area contributed by atoms with Gasteiger partial charge in [-0.2, -0.15) is 0 Å². The SMILES string of the molecule is CCCc1ccc([C@@H]2CCCN2)s1. The molecular weight excluding hydrogens is 178 g/mol. The molecule has 1 aromatic rings. The van der Waals surface area contributed by atoms with E-state index in [1.54, 1.807) is 9.75 Å². The minimum Gasteiger partial charge on any atom is -0.309 e. The van der Waals surface area contributed by atoms with Crippen LogP contribution < -0.4 is 5.32 Å². The molecule has 1 aliphatic heterocycles. The van der Waals surface area contributed by atoms with Gasteiger partial charge in [0.25, 0.3) is 0 Å². The standard InChI is InChI=1S/C11H17NS/c1-2-4-9-6-7-11(13-9)10-5-3-8-12-10/h6-7,10,12H,2-5,8H2,1H3/t10-/m0/s1. The minimum atomic E-state index is 0.663. The Morgan fingerprint density at radius 3 is 3.15 bits per heavy atom. The van der Waals surface area contributed by atoms with Gasteiger partial charge >= 0.3 is 0 Å². The third kappa shape index (κ3) is 2.12. The molecule has 1 atom stereocenters. The average molecular weight is 195 g/mol. The first-order valence-corrected chi connectivity index (χ1v) is 6.04. The van der Waals surface area contributed by atoms with Crippen molar-refractivity contribution >= 4 is 11.3 Å². The minimum absolute atomic E-state index is 0.663. The normalized spacial score (nSPS) is 22.4. The lowest BCUT2D eigenvalue weighted by atomic mass is 10.2. The van der Waals surface area contributed by atoms with E-state index in [9.17, 15) is 0 Å². The van der Waals surface area contributed by atoms with E-state index in [2.05, 4.69) is 24.4 Å². The molecule has 0 aromatic carbocycles. The van der Waals surface area contributed by atoms with Crippen LogP contribution in [0.2, 0.25) is 0 Å². The third-order valence-corrected chi connectivity index (χ3v) is 3.84. The Bertz CT molecular complexity index is 261. The Morgan fingerprint density at radius 2 is 2.46 bits per heavy atom. The maximum Gasteiger partial charge on any atom is 0.0415 e. The van der Waals surface area contributed by atoms with Crippen LogP contribution in [-0.2, 0) is 6.42 Å². The molecule has 2 heterocycles. The van der Waals surface area contributed by atoms with Crippen molar-refractivity contribution in [3.05, 3.63) is 21.9 Å². The highest BCUT2D eigenvalue weighted by Crippen LogP contribution is 2.29. The summed E-state index contributed by atoms with van der Waals surface area (Å²) in [6.07, 6.45) is 5.17. The quantitative estimate of drug-likeness (QED) is 0.781. The molecule has 2 rings (SSSR count). The van der Waals surface area contributed by atoms with Crippen molar-refractivity contribution in [1.82, 2.24) is 5.32 Å². The van der Waals surface area contributed by atoms with Gasteiger partial charge in [0.05, 0.1) is 0 Å². The number of hydrogen-bond donors (Lipinski definition) is 1. The Balaban J connectivity index is 2.03. The van der Waals surface area contributed by atoms with Crippen molar-refractivity contribution < 1.29 is 0 Å². The second-order valence-corrected chi connectivity index (χ2v) is 4.90. The molecule has 1 aromatic heterocycles. The molecule has 0 saturated carbocycles. The molecule has 0 unspecified atom stereocenters. The van der Waals surface area contributed by atoms with Gasteiger partial charge in [0.1, 0.15) is 0 Å². The topological polar surface area (TPSA) is 12.0 Å². The summed E-state index contributed by atoms with van der Waals surface area (Å²) in [5.41, 5.74) is 0. The van der Waals surface area contributed by atoms with Crippen LogP contribution in [0.1, 0.15) is 42.0 Å². The fraction of sp³-hybridized carbons (Fsp3) is 0.636. The van der Waals surface area contributed by atoms with Gasteiger partial charge in [0.2, 0.25) is 0 Å². The molecule has 13 heavy (non-hydrogen) atoms. The van der Waals surface area contributed by atoms with E-state index in [1.165, 1.54) is 32.2 Å². The van der Waals surface area contributed by atoms with E-state index in [0.717, 1.165) is 0 Å². The molecule has 0 amide bonds. The van der Waals surface area contributed by atoms with Crippen molar-refractivity contribution in [2.75, 3.05) is 6.54 Å². The van der Waals surface area contributed by atoms with Gasteiger partial charge in [-0.25, -0.2) is 0 Å². The zero-order valence-corrected chi connectivity index (χ0v) is 8.99. The van der Waals surface area contributed by atoms with Gasteiger partial charge < -0.3 is 5.32 Å². The van der Waals surface area contributed by atoms with Crippen LogP contribution in [0.4, 0.5) is 0 Å². The molecule has 0 bridgehead atoms. The molecule has 72 valence electrons. The lowest BCUT2D eigenvalue weighted by molar-refractivity contribution is 0.660. The Hall–Kier alpha value is -0.340. The van der Waals surface area contributed by atoms with Crippen molar-refractivity contribution in [2.45, 2.75) is 38.6 Å². The number of nitrogens with one attached hydrogen (secondary N) is 1. The van der Waals surface area contributed by atoms with Gasteiger partial charge in [-0.05, 0) is 37.9 Å². The molecular formula is C11H17NS. The van der Waals surface area contributed by atoms with Crippen molar-refractivity contribution in [3.63, 3.8) is 0 Å². The number of aryl methyl sites for hydroxylation is 1. The summed E-state index contributed by atoms with van der Waals surface area (Å²) in [6, 6.07) is 5.26. The smallest absolute Gasteiger partial charge is 0.0415 e. The van der Waals surface area contributed by atoms with E-state index in [0.29, 0.717) is 6.04 Å². The molecule has 1 aliphatic rings. The third-order valence-electron chi connectivity index (χ3n) is 2.58. The van der Waals surface area contributed by atoms with E-state index in [-0.39, 0.29) is 0 Å². The fourth-order valence-corrected chi connectivity index (χ4v) is 3.11. The van der Waals surface area contributed by atoms with E-state index in [4.69, 9.17) is 0 Å². The first-order chi connectivity index (χ1) is 6.40. The highest BCUT2D eigenvalue weighted by molar-refractivity contribution is 7.12. The highest BCUT2D eigenvalue weighted by atomic mass is 32.1. The molecule has 1 nitrogen and oxygen atoms in total. The van der Waals surface area contributed by atoms with Crippen LogP contribution in [0.25, 0.3) is 0 Å². The summed E-state index contributed by atoms with van der Waals surface area (Å²) in [7, 11) is 0. The molecule has 1 N–H and O–H groups in total. The van der Waals surface area contributed by atoms with Gasteiger partial charge in [0.15, 0.2) is 0 Å². The summed E-state index contributed by atoms with van der Waals surface area (Å²) in [5.74, 6) is 0. The Labute approximate surface area is 84.2 Å². The summed E-state index contributed by atoms with van der Waals surface area (Å²) >= 11 is 1.99. The molecule has 0 spiro atoms. The monoisotopic (exact) mass is 195 g/mol. The number of thiophene rings is 1. The first kappa shape index (κ1) is 9.22. The van der Waals surface area contributed by atoms with Gasteiger partial charge in [0, 0.05) is 15.8 Å². The van der Waals surface area contributed by atoms with Crippen LogP contribution >= 0.6 is 11.3 Å². The van der Waals surface area contributed by atoms with Crippen LogP contribution in [0, 0.1) is 0 Å². The lowest BCUT2D eigenvalue weighted by Crippen LogP contribution is -2.11. The summed E-state index contributed by atoms with van der Waals surface area (Å²) in [6.45, 7) is 3.44. The summed E-state index contributed by atoms with van der Waals surface area (Å²) in [5, 5.41) is 3.54. The largest absolute Gasteiger partial charge is 0.309 e. The van der Waals surface area contributed by atoms with Gasteiger partial charge in [-0.3, -0.25) is 0 Å². The second kappa shape index (κ2) is 4.25. The average Bonchev–Trinajstić information content (AvgIpc) is 2.70. The zero-order valence-electron chi connectivity index (χ0n) is 8.18. The molecule has 1 fully saturated rings. The maximum absolute atomic E-state index is 3.54.